The summed E-state index contributed by atoms with van der Waals surface area (Å²) in [6.07, 6.45) is 0. The number of thioether (sulfide) groups is 1. The molecule has 3 rings (SSSR count). The minimum Gasteiger partial charge on any atom is -0.325 e. The summed E-state index contributed by atoms with van der Waals surface area (Å²) in [6, 6.07) is 10.9. The average molecular weight is 430 g/mol. The van der Waals surface area contributed by atoms with E-state index >= 15 is 0 Å². The van der Waals surface area contributed by atoms with Gasteiger partial charge in [0.15, 0.2) is 0 Å². The first kappa shape index (κ1) is 20.6. The molecule has 0 aliphatic heterocycles. The second-order valence-electron chi connectivity index (χ2n) is 5.82. The normalized spacial score (nSPS) is 11.2. The first-order valence-corrected chi connectivity index (χ1v) is 10.4. The van der Waals surface area contributed by atoms with Gasteiger partial charge in [-0.2, -0.15) is 10.1 Å². The van der Waals surface area contributed by atoms with Gasteiger partial charge in [0.25, 0.3) is 0 Å². The van der Waals surface area contributed by atoms with Gasteiger partial charge in [0.1, 0.15) is 0 Å². The molecule has 0 aliphatic carbocycles. The van der Waals surface area contributed by atoms with Crippen LogP contribution in [0.15, 0.2) is 52.0 Å². The molecule has 0 spiro atoms. The molecule has 0 saturated heterocycles. The van der Waals surface area contributed by atoms with Gasteiger partial charge in [0.2, 0.25) is 22.9 Å². The van der Waals surface area contributed by atoms with E-state index in [1.54, 1.807) is 35.6 Å². The molecule has 4 N–H and O–H groups in total. The van der Waals surface area contributed by atoms with Crippen molar-refractivity contribution in [2.24, 2.45) is 5.10 Å². The van der Waals surface area contributed by atoms with Crippen molar-refractivity contribution in [3.63, 3.8) is 0 Å². The fraction of sp³-hybridized carbons (Fsp3) is 0.167. The quantitative estimate of drug-likeness (QED) is 0.247. The molecule has 0 unspecified atom stereocenters. The number of nitrogens with one attached hydrogen (secondary N) is 4. The number of benzene rings is 1. The van der Waals surface area contributed by atoms with Crippen LogP contribution < -0.4 is 16.1 Å². The maximum absolute atomic E-state index is 12.2. The summed E-state index contributed by atoms with van der Waals surface area (Å²) in [4.78, 5) is 28.8. The number of anilines is 3. The number of hydrogen-bond donors (Lipinski definition) is 4. The molecule has 2 heterocycles. The van der Waals surface area contributed by atoms with Gasteiger partial charge in [-0.05, 0) is 30.5 Å². The number of nitrogens with zero attached hydrogens (tertiary/aromatic N) is 3. The van der Waals surface area contributed by atoms with Crippen LogP contribution in [0, 0.1) is 0 Å². The van der Waals surface area contributed by atoms with Crippen molar-refractivity contribution < 1.29 is 9.59 Å². The van der Waals surface area contributed by atoms with Crippen LogP contribution in [0.2, 0.25) is 0 Å². The summed E-state index contributed by atoms with van der Waals surface area (Å²) in [7, 11) is 0. The molecule has 150 valence electrons. The van der Waals surface area contributed by atoms with E-state index in [1.165, 1.54) is 18.7 Å². The highest BCUT2D eigenvalue weighted by molar-refractivity contribution is 7.99. The molecule has 2 aromatic heterocycles. The van der Waals surface area contributed by atoms with Gasteiger partial charge in [-0.3, -0.25) is 9.59 Å². The van der Waals surface area contributed by atoms with Gasteiger partial charge in [-0.15, -0.1) is 16.4 Å². The number of para-hydroxylation sites is 2. The van der Waals surface area contributed by atoms with Crippen LogP contribution in [0.3, 0.4) is 0 Å². The zero-order valence-electron chi connectivity index (χ0n) is 15.7. The standard InChI is InChI=1S/C18H19N7O2S2/c1-11(15-8-5-9-28-15)22-23-17-21-18(25-24-17)29-10-16(27)20-14-7-4-3-6-13(14)19-12(2)26/h3-9H,10H2,1-2H3,(H,19,26)(H,20,27)(H2,21,23,24,25)/b22-11+. The highest BCUT2D eigenvalue weighted by Crippen LogP contribution is 2.22. The van der Waals surface area contributed by atoms with E-state index in [-0.39, 0.29) is 17.6 Å². The Bertz CT molecular complexity index is 1010. The maximum Gasteiger partial charge on any atom is 0.240 e. The van der Waals surface area contributed by atoms with Crippen molar-refractivity contribution in [2.45, 2.75) is 19.0 Å². The Hall–Kier alpha value is -3.18. The molecule has 0 saturated carbocycles. The molecule has 29 heavy (non-hydrogen) atoms. The third kappa shape index (κ3) is 6.16. The fourth-order valence-corrected chi connectivity index (χ4v) is 3.52. The van der Waals surface area contributed by atoms with Gasteiger partial charge < -0.3 is 10.6 Å². The van der Waals surface area contributed by atoms with Crippen molar-refractivity contribution >= 4 is 57.9 Å². The predicted molar refractivity (Wildman–Crippen MR) is 117 cm³/mol. The van der Waals surface area contributed by atoms with Crippen LogP contribution in [-0.4, -0.2) is 38.5 Å². The lowest BCUT2D eigenvalue weighted by Crippen LogP contribution is -2.16. The lowest BCUT2D eigenvalue weighted by atomic mass is 10.2. The fourth-order valence-electron chi connectivity index (χ4n) is 2.24. The molecule has 9 nitrogen and oxygen atoms in total. The smallest absolute Gasteiger partial charge is 0.240 e. The summed E-state index contributed by atoms with van der Waals surface area (Å²) in [5.74, 6) is 0.0562. The Morgan fingerprint density at radius 2 is 1.90 bits per heavy atom. The molecule has 3 aromatic rings. The third-order valence-corrected chi connectivity index (χ3v) is 5.34. The number of rotatable bonds is 8. The lowest BCUT2D eigenvalue weighted by Gasteiger charge is -2.10. The molecule has 0 aliphatic rings. The number of hydrazone groups is 1. The Balaban J connectivity index is 1.51. The summed E-state index contributed by atoms with van der Waals surface area (Å²) >= 11 is 2.78. The summed E-state index contributed by atoms with van der Waals surface area (Å²) in [5.41, 5.74) is 4.73. The second-order valence-corrected chi connectivity index (χ2v) is 7.71. The molecule has 2 amide bonds. The Morgan fingerprint density at radius 1 is 1.14 bits per heavy atom. The predicted octanol–water partition coefficient (Wildman–Crippen LogP) is 3.39. The van der Waals surface area contributed by atoms with Crippen molar-refractivity contribution in [1.82, 2.24) is 15.2 Å². The van der Waals surface area contributed by atoms with Crippen LogP contribution in [-0.2, 0) is 9.59 Å². The molecule has 0 radical (unpaired) electrons. The van der Waals surface area contributed by atoms with E-state index in [2.05, 4.69) is 36.3 Å². The van der Waals surface area contributed by atoms with Crippen LogP contribution in [0.4, 0.5) is 17.3 Å². The zero-order valence-corrected chi connectivity index (χ0v) is 17.4. The first-order chi connectivity index (χ1) is 14.0. The van der Waals surface area contributed by atoms with Gasteiger partial charge in [-0.25, -0.2) is 10.5 Å². The maximum atomic E-state index is 12.2. The number of aromatic amines is 1. The molecule has 1 aromatic carbocycles. The van der Waals surface area contributed by atoms with Crippen LogP contribution in [0.5, 0.6) is 0 Å². The number of aromatic nitrogens is 3. The van der Waals surface area contributed by atoms with Gasteiger partial charge >= 0.3 is 0 Å². The zero-order chi connectivity index (χ0) is 20.6. The van der Waals surface area contributed by atoms with Crippen LogP contribution >= 0.6 is 23.1 Å². The molecule has 0 bridgehead atoms. The lowest BCUT2D eigenvalue weighted by molar-refractivity contribution is -0.115. The number of H-pyrrole nitrogens is 1. The molecular weight excluding hydrogens is 410 g/mol. The Kier molecular flexibility index (Phi) is 6.98. The first-order valence-electron chi connectivity index (χ1n) is 8.57. The molecule has 11 heteroatoms. The topological polar surface area (TPSA) is 124 Å². The average Bonchev–Trinajstić information content (AvgIpc) is 3.38. The van der Waals surface area contributed by atoms with Crippen molar-refractivity contribution in [3.8, 4) is 0 Å². The van der Waals surface area contributed by atoms with Crippen molar-refractivity contribution in [3.05, 3.63) is 46.7 Å². The SMILES string of the molecule is CC(=O)Nc1ccccc1NC(=O)CSc1n[nH]c(N/N=C(\C)c2cccs2)n1. The largest absolute Gasteiger partial charge is 0.325 e. The van der Waals surface area contributed by atoms with Crippen LogP contribution in [0.1, 0.15) is 18.7 Å². The van der Waals surface area contributed by atoms with Crippen molar-refractivity contribution in [1.29, 1.82) is 0 Å². The van der Waals surface area contributed by atoms with E-state index in [0.717, 1.165) is 10.6 Å². The van der Waals surface area contributed by atoms with E-state index in [0.29, 0.717) is 22.5 Å². The number of hydrogen-bond acceptors (Lipinski definition) is 8. The Morgan fingerprint density at radius 3 is 2.59 bits per heavy atom. The second kappa shape index (κ2) is 9.85. The van der Waals surface area contributed by atoms with E-state index in [9.17, 15) is 9.59 Å². The summed E-state index contributed by atoms with van der Waals surface area (Å²) in [6.45, 7) is 3.31. The third-order valence-electron chi connectivity index (χ3n) is 3.52. The van der Waals surface area contributed by atoms with E-state index in [1.807, 2.05) is 24.4 Å². The minimum atomic E-state index is -0.237. The highest BCUT2D eigenvalue weighted by atomic mass is 32.2. The number of carbonyl (C=O) groups is 2. The monoisotopic (exact) mass is 429 g/mol. The summed E-state index contributed by atoms with van der Waals surface area (Å²) in [5, 5.41) is 18.9. The van der Waals surface area contributed by atoms with Gasteiger partial charge in [0, 0.05) is 11.8 Å². The van der Waals surface area contributed by atoms with E-state index in [4.69, 9.17) is 0 Å². The van der Waals surface area contributed by atoms with Gasteiger partial charge in [0.05, 0.1) is 22.8 Å². The molecular formula is C18H19N7O2S2. The Labute approximate surface area is 175 Å². The summed E-state index contributed by atoms with van der Waals surface area (Å²) < 4.78 is 0. The minimum absolute atomic E-state index is 0.114. The van der Waals surface area contributed by atoms with Crippen molar-refractivity contribution in [2.75, 3.05) is 21.8 Å². The highest BCUT2D eigenvalue weighted by Gasteiger charge is 2.10. The number of thiophene rings is 1. The number of amides is 2. The van der Waals surface area contributed by atoms with Crippen LogP contribution in [0.25, 0.3) is 0 Å². The molecule has 0 atom stereocenters. The van der Waals surface area contributed by atoms with E-state index < -0.39 is 0 Å². The number of carbonyl (C=O) groups excluding carboxylic acids is 2. The van der Waals surface area contributed by atoms with Gasteiger partial charge in [-0.1, -0.05) is 30.0 Å². The molecule has 0 fully saturated rings.